The Labute approximate surface area is 274 Å². The van der Waals surface area contributed by atoms with Gasteiger partial charge in [0.25, 0.3) is 5.56 Å². The number of fused-ring (bicyclic) bond motifs is 1. The molecule has 0 spiro atoms. The molecule has 4 aromatic rings. The number of rotatable bonds is 11. The number of benzene rings is 3. The van der Waals surface area contributed by atoms with Crippen LogP contribution in [0.3, 0.4) is 0 Å². The number of aromatic nitrogens is 1. The first-order chi connectivity index (χ1) is 21.7. The zero-order valence-electron chi connectivity index (χ0n) is 25.3. The second-order valence-corrected chi connectivity index (χ2v) is 11.8. The molecule has 0 amide bonds. The van der Waals surface area contributed by atoms with Crippen molar-refractivity contribution in [2.24, 2.45) is 4.99 Å². The second-order valence-electron chi connectivity index (χ2n) is 9.99. The minimum atomic E-state index is -0.733. The Morgan fingerprint density at radius 2 is 1.73 bits per heavy atom. The number of ether oxygens (including phenoxy) is 4. The standard InChI is InChI=1S/C34H32Cl2N2O6S/c1-5-41-25-13-11-23(12-14-25)30-29(33(40)43-7-3)20(4)37-34-38(30)32(39)28(45-34)18-22-16-26(36)31(27(17-22)42-6-2)44-19-21-9-8-10-24(35)15-21/h8-18,30H,5-7,19H2,1-4H3/b28-18-/t30-/m0/s1. The minimum absolute atomic E-state index is 0.192. The van der Waals surface area contributed by atoms with Crippen LogP contribution in [0.5, 0.6) is 17.2 Å². The highest BCUT2D eigenvalue weighted by molar-refractivity contribution is 7.07. The summed E-state index contributed by atoms with van der Waals surface area (Å²) in [5, 5.41) is 0.938. The van der Waals surface area contributed by atoms with Crippen molar-refractivity contribution in [1.82, 2.24) is 4.57 Å². The summed E-state index contributed by atoms with van der Waals surface area (Å²) in [5.74, 6) is 1.00. The van der Waals surface area contributed by atoms with Crippen LogP contribution in [0, 0.1) is 0 Å². The zero-order chi connectivity index (χ0) is 32.1. The first-order valence-corrected chi connectivity index (χ1v) is 16.1. The molecule has 0 saturated carbocycles. The average Bonchev–Trinajstić information content (AvgIpc) is 3.30. The predicted octanol–water partition coefficient (Wildman–Crippen LogP) is 6.48. The fourth-order valence-electron chi connectivity index (χ4n) is 5.03. The van der Waals surface area contributed by atoms with Gasteiger partial charge in [0.2, 0.25) is 0 Å². The molecule has 1 atom stereocenters. The minimum Gasteiger partial charge on any atom is -0.494 e. The number of carbonyl (C=O) groups is 1. The number of nitrogens with zero attached hydrogens (tertiary/aromatic N) is 2. The van der Waals surface area contributed by atoms with Crippen LogP contribution in [0.4, 0.5) is 0 Å². The monoisotopic (exact) mass is 666 g/mol. The van der Waals surface area contributed by atoms with Crippen LogP contribution >= 0.6 is 34.5 Å². The topological polar surface area (TPSA) is 88.4 Å². The van der Waals surface area contributed by atoms with E-state index in [2.05, 4.69) is 4.99 Å². The van der Waals surface area contributed by atoms with Crippen molar-refractivity contribution < 1.29 is 23.7 Å². The van der Waals surface area contributed by atoms with Crippen LogP contribution in [-0.4, -0.2) is 30.4 Å². The largest absolute Gasteiger partial charge is 0.494 e. The van der Waals surface area contributed by atoms with E-state index in [1.54, 1.807) is 42.7 Å². The molecule has 1 aliphatic rings. The van der Waals surface area contributed by atoms with Crippen LogP contribution in [0.15, 0.2) is 81.7 Å². The summed E-state index contributed by atoms with van der Waals surface area (Å²) in [4.78, 5) is 32.3. The molecule has 0 bridgehead atoms. The highest BCUT2D eigenvalue weighted by Gasteiger charge is 2.33. The lowest BCUT2D eigenvalue weighted by Crippen LogP contribution is -2.39. The Hall–Kier alpha value is -4.05. The maximum absolute atomic E-state index is 14.0. The van der Waals surface area contributed by atoms with Gasteiger partial charge in [0.05, 0.1) is 46.7 Å². The van der Waals surface area contributed by atoms with Crippen molar-refractivity contribution >= 4 is 46.6 Å². The fourth-order valence-corrected chi connectivity index (χ4v) is 6.56. The van der Waals surface area contributed by atoms with Crippen molar-refractivity contribution in [3.05, 3.63) is 118 Å². The van der Waals surface area contributed by atoms with Gasteiger partial charge in [-0.25, -0.2) is 9.79 Å². The van der Waals surface area contributed by atoms with Crippen LogP contribution in [-0.2, 0) is 16.1 Å². The van der Waals surface area contributed by atoms with Crippen LogP contribution in [0.1, 0.15) is 50.4 Å². The van der Waals surface area contributed by atoms with E-state index in [9.17, 15) is 9.59 Å². The summed E-state index contributed by atoms with van der Waals surface area (Å²) in [6.07, 6.45) is 1.73. The molecule has 0 N–H and O–H groups in total. The van der Waals surface area contributed by atoms with Gasteiger partial charge in [-0.2, -0.15) is 0 Å². The van der Waals surface area contributed by atoms with Gasteiger partial charge in [-0.05, 0) is 86.9 Å². The normalized spacial score (nSPS) is 14.5. The summed E-state index contributed by atoms with van der Waals surface area (Å²) in [5.41, 5.74) is 2.74. The van der Waals surface area contributed by atoms with E-state index in [0.717, 1.165) is 11.1 Å². The first-order valence-electron chi connectivity index (χ1n) is 14.5. The van der Waals surface area contributed by atoms with Gasteiger partial charge in [-0.3, -0.25) is 9.36 Å². The predicted molar refractivity (Wildman–Crippen MR) is 176 cm³/mol. The molecule has 0 unspecified atom stereocenters. The summed E-state index contributed by atoms with van der Waals surface area (Å²) in [7, 11) is 0. The van der Waals surface area contributed by atoms with Gasteiger partial charge in [0.1, 0.15) is 12.4 Å². The molecule has 11 heteroatoms. The summed E-state index contributed by atoms with van der Waals surface area (Å²) >= 11 is 14.0. The molecule has 2 heterocycles. The van der Waals surface area contributed by atoms with E-state index < -0.39 is 12.0 Å². The third-order valence-corrected chi connectivity index (χ3v) is 8.42. The van der Waals surface area contributed by atoms with Gasteiger partial charge in [0.15, 0.2) is 16.3 Å². The average molecular weight is 668 g/mol. The summed E-state index contributed by atoms with van der Waals surface area (Å²) in [6.45, 7) is 8.60. The number of carbonyl (C=O) groups excluding carboxylic acids is 1. The Bertz CT molecular complexity index is 1930. The Morgan fingerprint density at radius 3 is 2.42 bits per heavy atom. The second kappa shape index (κ2) is 14.4. The molecule has 1 aromatic heterocycles. The third-order valence-electron chi connectivity index (χ3n) is 6.93. The first kappa shape index (κ1) is 32.3. The third kappa shape index (κ3) is 7.11. The lowest BCUT2D eigenvalue weighted by molar-refractivity contribution is -0.139. The van der Waals surface area contributed by atoms with Gasteiger partial charge in [0, 0.05) is 5.02 Å². The van der Waals surface area contributed by atoms with E-state index in [1.165, 1.54) is 11.3 Å². The fraction of sp³-hybridized carbons (Fsp3) is 0.265. The molecule has 1 aliphatic heterocycles. The van der Waals surface area contributed by atoms with E-state index in [0.29, 0.717) is 66.7 Å². The van der Waals surface area contributed by atoms with Gasteiger partial charge < -0.3 is 18.9 Å². The molecule has 8 nitrogen and oxygen atoms in total. The molecule has 0 saturated heterocycles. The molecule has 0 aliphatic carbocycles. The Morgan fingerprint density at radius 1 is 0.978 bits per heavy atom. The van der Waals surface area contributed by atoms with E-state index in [-0.39, 0.29) is 18.8 Å². The lowest BCUT2D eigenvalue weighted by Gasteiger charge is -2.24. The maximum atomic E-state index is 14.0. The summed E-state index contributed by atoms with van der Waals surface area (Å²) < 4.78 is 24.9. The van der Waals surface area contributed by atoms with Crippen LogP contribution in [0.2, 0.25) is 10.0 Å². The van der Waals surface area contributed by atoms with Gasteiger partial charge in [-0.1, -0.05) is 58.8 Å². The van der Waals surface area contributed by atoms with Crippen LogP contribution in [0.25, 0.3) is 6.08 Å². The summed E-state index contributed by atoms with van der Waals surface area (Å²) in [6, 6.07) is 17.5. The highest BCUT2D eigenvalue weighted by Crippen LogP contribution is 2.38. The molecule has 0 fully saturated rings. The molecule has 45 heavy (non-hydrogen) atoms. The van der Waals surface area contributed by atoms with E-state index >= 15 is 0 Å². The molecular formula is C34H32Cl2N2O6S. The molecule has 0 radical (unpaired) electrons. The number of hydrogen-bond donors (Lipinski definition) is 0. The molecular weight excluding hydrogens is 635 g/mol. The lowest BCUT2D eigenvalue weighted by atomic mass is 9.96. The number of halogens is 2. The Balaban J connectivity index is 1.58. The molecule has 234 valence electrons. The van der Waals surface area contributed by atoms with Crippen molar-refractivity contribution in [3.8, 4) is 17.2 Å². The van der Waals surface area contributed by atoms with Crippen LogP contribution < -0.4 is 29.1 Å². The van der Waals surface area contributed by atoms with Crippen molar-refractivity contribution in [2.45, 2.75) is 40.3 Å². The molecule has 3 aromatic carbocycles. The SMILES string of the molecule is CCOC(=O)C1=C(C)N=c2s/c(=C\c3cc(Cl)c(OCc4cccc(Cl)c4)c(OCC)c3)c(=O)n2[C@H]1c1ccc(OCC)cc1. The van der Waals surface area contributed by atoms with Gasteiger partial charge in [-0.15, -0.1) is 0 Å². The number of esters is 1. The Kier molecular flexibility index (Phi) is 10.3. The maximum Gasteiger partial charge on any atom is 0.338 e. The highest BCUT2D eigenvalue weighted by atomic mass is 35.5. The van der Waals surface area contributed by atoms with E-state index in [1.807, 2.05) is 56.3 Å². The van der Waals surface area contributed by atoms with Crippen molar-refractivity contribution in [3.63, 3.8) is 0 Å². The van der Waals surface area contributed by atoms with E-state index in [4.69, 9.17) is 42.1 Å². The molecule has 5 rings (SSSR count). The zero-order valence-corrected chi connectivity index (χ0v) is 27.6. The van der Waals surface area contributed by atoms with Crippen molar-refractivity contribution in [2.75, 3.05) is 19.8 Å². The van der Waals surface area contributed by atoms with Gasteiger partial charge >= 0.3 is 5.97 Å². The number of hydrogen-bond acceptors (Lipinski definition) is 8. The quantitative estimate of drug-likeness (QED) is 0.170. The number of thiazole rings is 1. The number of allylic oxidation sites excluding steroid dienone is 1. The smallest absolute Gasteiger partial charge is 0.338 e. The van der Waals surface area contributed by atoms with Crippen molar-refractivity contribution in [1.29, 1.82) is 0 Å².